The summed E-state index contributed by atoms with van der Waals surface area (Å²) in [5.74, 6) is 1.54. The molecule has 2 heterocycles. The Bertz CT molecular complexity index is 390. The summed E-state index contributed by atoms with van der Waals surface area (Å²) in [6.45, 7) is 10.6. The number of likely N-dealkylation sites (N-methyl/N-ethyl adjacent to an activating group) is 1. The van der Waals surface area contributed by atoms with E-state index >= 15 is 0 Å². The minimum atomic E-state index is 0.671. The molecule has 1 saturated heterocycles. The zero-order valence-electron chi connectivity index (χ0n) is 13.0. The van der Waals surface area contributed by atoms with Crippen molar-refractivity contribution < 1.29 is 0 Å². The first-order valence-electron chi connectivity index (χ1n) is 7.60. The molecule has 0 aliphatic carbocycles. The summed E-state index contributed by atoms with van der Waals surface area (Å²) >= 11 is 0. The van der Waals surface area contributed by atoms with Gasteiger partial charge in [-0.2, -0.15) is 0 Å². The Morgan fingerprint density at radius 2 is 1.90 bits per heavy atom. The van der Waals surface area contributed by atoms with E-state index in [1.165, 1.54) is 6.42 Å². The van der Waals surface area contributed by atoms with Gasteiger partial charge in [0.1, 0.15) is 0 Å². The highest BCUT2D eigenvalue weighted by atomic mass is 15.3. The van der Waals surface area contributed by atoms with Gasteiger partial charge in [-0.1, -0.05) is 13.8 Å². The topological polar surface area (TPSA) is 44.3 Å². The molecule has 1 fully saturated rings. The molecule has 1 N–H and O–H groups in total. The lowest BCUT2D eigenvalue weighted by Gasteiger charge is -2.20. The Labute approximate surface area is 122 Å². The van der Waals surface area contributed by atoms with Crippen LogP contribution in [0.25, 0.3) is 0 Å². The molecule has 2 rings (SSSR count). The Morgan fingerprint density at radius 1 is 1.15 bits per heavy atom. The molecular formula is C15H27N5. The summed E-state index contributed by atoms with van der Waals surface area (Å²) in [7, 11) is 2.17. The highest BCUT2D eigenvalue weighted by Crippen LogP contribution is 2.10. The van der Waals surface area contributed by atoms with E-state index in [0.29, 0.717) is 5.92 Å². The van der Waals surface area contributed by atoms with Gasteiger partial charge in [0, 0.05) is 44.1 Å². The van der Waals surface area contributed by atoms with Crippen molar-refractivity contribution in [3.8, 4) is 0 Å². The van der Waals surface area contributed by atoms with Crippen LogP contribution in [0.2, 0.25) is 0 Å². The molecule has 1 aromatic heterocycles. The number of anilines is 1. The molecular weight excluding hydrogens is 250 g/mol. The Hall–Kier alpha value is -1.20. The smallest absolute Gasteiger partial charge is 0.225 e. The van der Waals surface area contributed by atoms with Crippen LogP contribution < -0.4 is 10.2 Å². The summed E-state index contributed by atoms with van der Waals surface area (Å²) < 4.78 is 0. The molecule has 0 unspecified atom stereocenters. The minimum absolute atomic E-state index is 0.671. The zero-order valence-corrected chi connectivity index (χ0v) is 13.0. The third kappa shape index (κ3) is 4.72. The maximum atomic E-state index is 4.52. The van der Waals surface area contributed by atoms with Gasteiger partial charge < -0.3 is 15.1 Å². The molecule has 1 aliphatic heterocycles. The first-order valence-corrected chi connectivity index (χ1v) is 7.60. The van der Waals surface area contributed by atoms with Crippen LogP contribution in [0.4, 0.5) is 5.95 Å². The van der Waals surface area contributed by atoms with Gasteiger partial charge in [-0.05, 0) is 32.5 Å². The largest absolute Gasteiger partial charge is 0.339 e. The Balaban J connectivity index is 1.87. The van der Waals surface area contributed by atoms with Crippen LogP contribution in [0, 0.1) is 5.92 Å². The zero-order chi connectivity index (χ0) is 14.4. The second-order valence-electron chi connectivity index (χ2n) is 6.06. The monoisotopic (exact) mass is 277 g/mol. The highest BCUT2D eigenvalue weighted by molar-refractivity contribution is 5.30. The van der Waals surface area contributed by atoms with E-state index in [-0.39, 0.29) is 0 Å². The van der Waals surface area contributed by atoms with Gasteiger partial charge in [-0.15, -0.1) is 0 Å². The molecule has 0 aromatic carbocycles. The molecule has 1 aliphatic rings. The molecule has 0 atom stereocenters. The fraction of sp³-hybridized carbons (Fsp3) is 0.733. The fourth-order valence-electron chi connectivity index (χ4n) is 2.35. The number of nitrogens with zero attached hydrogens (tertiary/aromatic N) is 4. The third-order valence-corrected chi connectivity index (χ3v) is 3.58. The van der Waals surface area contributed by atoms with Gasteiger partial charge in [0.25, 0.3) is 0 Å². The number of hydrogen-bond donors (Lipinski definition) is 1. The van der Waals surface area contributed by atoms with Crippen molar-refractivity contribution in [2.45, 2.75) is 26.8 Å². The summed E-state index contributed by atoms with van der Waals surface area (Å²) in [6.07, 6.45) is 5.08. The van der Waals surface area contributed by atoms with Gasteiger partial charge in [-0.25, -0.2) is 9.97 Å². The Kier molecular flexibility index (Phi) is 5.73. The number of hydrogen-bond acceptors (Lipinski definition) is 5. The molecule has 0 amide bonds. The predicted molar refractivity (Wildman–Crippen MR) is 82.9 cm³/mol. The SMILES string of the molecule is CC(C)CNCc1cnc(N2CCCN(C)CC2)nc1. The second-order valence-corrected chi connectivity index (χ2v) is 6.06. The van der Waals surface area contributed by atoms with Crippen LogP contribution >= 0.6 is 0 Å². The number of rotatable bonds is 5. The Morgan fingerprint density at radius 3 is 2.60 bits per heavy atom. The molecule has 5 nitrogen and oxygen atoms in total. The maximum Gasteiger partial charge on any atom is 0.225 e. The summed E-state index contributed by atoms with van der Waals surface area (Å²) in [6, 6.07) is 0. The van der Waals surface area contributed by atoms with Crippen molar-refractivity contribution in [3.05, 3.63) is 18.0 Å². The predicted octanol–water partition coefficient (Wildman–Crippen LogP) is 1.36. The van der Waals surface area contributed by atoms with Crippen LogP contribution in [0.3, 0.4) is 0 Å². The first-order chi connectivity index (χ1) is 9.65. The fourth-order valence-corrected chi connectivity index (χ4v) is 2.35. The molecule has 0 spiro atoms. The quantitative estimate of drug-likeness (QED) is 0.880. The molecule has 5 heteroatoms. The van der Waals surface area contributed by atoms with Gasteiger partial charge in [-0.3, -0.25) is 0 Å². The molecule has 0 radical (unpaired) electrons. The van der Waals surface area contributed by atoms with E-state index in [9.17, 15) is 0 Å². The highest BCUT2D eigenvalue weighted by Gasteiger charge is 2.14. The molecule has 1 aromatic rings. The van der Waals surface area contributed by atoms with Crippen LogP contribution in [-0.2, 0) is 6.54 Å². The van der Waals surface area contributed by atoms with Gasteiger partial charge in [0.05, 0.1) is 0 Å². The summed E-state index contributed by atoms with van der Waals surface area (Å²) in [5.41, 5.74) is 1.15. The van der Waals surface area contributed by atoms with Crippen molar-refractivity contribution in [1.29, 1.82) is 0 Å². The lowest BCUT2D eigenvalue weighted by molar-refractivity contribution is 0.360. The van der Waals surface area contributed by atoms with Crippen molar-refractivity contribution in [2.75, 3.05) is 44.7 Å². The van der Waals surface area contributed by atoms with E-state index in [0.717, 1.165) is 50.8 Å². The van der Waals surface area contributed by atoms with Gasteiger partial charge in [0.2, 0.25) is 5.95 Å². The van der Waals surface area contributed by atoms with E-state index in [1.54, 1.807) is 0 Å². The van der Waals surface area contributed by atoms with Crippen molar-refractivity contribution >= 4 is 5.95 Å². The third-order valence-electron chi connectivity index (χ3n) is 3.58. The average Bonchev–Trinajstić information content (AvgIpc) is 2.64. The molecule has 20 heavy (non-hydrogen) atoms. The van der Waals surface area contributed by atoms with Gasteiger partial charge in [0.15, 0.2) is 0 Å². The molecule has 112 valence electrons. The minimum Gasteiger partial charge on any atom is -0.339 e. The van der Waals surface area contributed by atoms with E-state index in [1.807, 2.05) is 12.4 Å². The van der Waals surface area contributed by atoms with Gasteiger partial charge >= 0.3 is 0 Å². The summed E-state index contributed by atoms with van der Waals surface area (Å²) in [5, 5.41) is 3.42. The normalized spacial score (nSPS) is 17.5. The van der Waals surface area contributed by atoms with Crippen LogP contribution in [0.5, 0.6) is 0 Å². The van der Waals surface area contributed by atoms with E-state index < -0.39 is 0 Å². The average molecular weight is 277 g/mol. The first kappa shape index (κ1) is 15.2. The van der Waals surface area contributed by atoms with Crippen molar-refractivity contribution in [3.63, 3.8) is 0 Å². The molecule has 0 saturated carbocycles. The van der Waals surface area contributed by atoms with Crippen molar-refractivity contribution in [2.24, 2.45) is 5.92 Å². The van der Waals surface area contributed by atoms with Crippen LogP contribution in [-0.4, -0.2) is 54.6 Å². The van der Waals surface area contributed by atoms with Crippen molar-refractivity contribution in [1.82, 2.24) is 20.2 Å². The van der Waals surface area contributed by atoms with E-state index in [4.69, 9.17) is 0 Å². The van der Waals surface area contributed by atoms with Crippen LogP contribution in [0.15, 0.2) is 12.4 Å². The summed E-state index contributed by atoms with van der Waals surface area (Å²) in [4.78, 5) is 13.7. The standard InChI is InChI=1S/C15H27N5/c1-13(2)9-16-10-14-11-17-15(18-12-14)20-6-4-5-19(3)7-8-20/h11-13,16H,4-10H2,1-3H3. The second kappa shape index (κ2) is 7.55. The molecule has 0 bridgehead atoms. The number of aromatic nitrogens is 2. The van der Waals surface area contributed by atoms with Crippen LogP contribution in [0.1, 0.15) is 25.8 Å². The lowest BCUT2D eigenvalue weighted by Crippen LogP contribution is -2.30. The van der Waals surface area contributed by atoms with E-state index in [2.05, 4.69) is 46.0 Å². The maximum absolute atomic E-state index is 4.52. The lowest BCUT2D eigenvalue weighted by atomic mass is 10.2. The number of nitrogens with one attached hydrogen (secondary N) is 1.